The third-order valence-corrected chi connectivity index (χ3v) is 5.59. The smallest absolute Gasteiger partial charge is 0.315 e. The molecule has 1 aromatic heterocycles. The largest absolute Gasteiger partial charge is 0.481 e. The van der Waals surface area contributed by atoms with E-state index in [9.17, 15) is 9.90 Å². The van der Waals surface area contributed by atoms with Gasteiger partial charge >= 0.3 is 5.97 Å². The van der Waals surface area contributed by atoms with Crippen LogP contribution in [0.2, 0.25) is 0 Å². The molecule has 0 amide bonds. The van der Waals surface area contributed by atoms with Crippen molar-refractivity contribution >= 4 is 17.3 Å². The minimum Gasteiger partial charge on any atom is -0.481 e. The molecular formula is C14H19NO2S. The van der Waals surface area contributed by atoms with Crippen molar-refractivity contribution in [1.29, 1.82) is 0 Å². The number of rotatable bonds is 3. The van der Waals surface area contributed by atoms with Gasteiger partial charge in [-0.3, -0.25) is 4.79 Å². The van der Waals surface area contributed by atoms with Crippen molar-refractivity contribution in [2.24, 2.45) is 0 Å². The van der Waals surface area contributed by atoms with E-state index in [1.165, 1.54) is 37.1 Å². The van der Waals surface area contributed by atoms with Crippen molar-refractivity contribution < 1.29 is 9.90 Å². The van der Waals surface area contributed by atoms with Gasteiger partial charge in [0, 0.05) is 11.3 Å². The molecule has 0 saturated heterocycles. The van der Waals surface area contributed by atoms with Gasteiger partial charge < -0.3 is 5.11 Å². The van der Waals surface area contributed by atoms with Crippen LogP contribution in [0, 0.1) is 0 Å². The van der Waals surface area contributed by atoms with E-state index in [-0.39, 0.29) is 0 Å². The molecule has 0 aromatic carbocycles. The highest BCUT2D eigenvalue weighted by atomic mass is 32.1. The van der Waals surface area contributed by atoms with E-state index in [2.05, 4.69) is 4.98 Å². The lowest BCUT2D eigenvalue weighted by atomic mass is 9.67. The lowest BCUT2D eigenvalue weighted by Crippen LogP contribution is -2.42. The number of carboxylic acid groups (broad SMARTS) is 1. The monoisotopic (exact) mass is 265 g/mol. The second kappa shape index (κ2) is 4.65. The minimum absolute atomic E-state index is 0.587. The molecular weight excluding hydrogens is 246 g/mol. The van der Waals surface area contributed by atoms with Crippen molar-refractivity contribution in [3.8, 4) is 0 Å². The molecule has 0 aliphatic heterocycles. The van der Waals surface area contributed by atoms with E-state index in [0.29, 0.717) is 5.92 Å². The number of hydrogen-bond donors (Lipinski definition) is 1. The summed E-state index contributed by atoms with van der Waals surface area (Å²) in [6.07, 6.45) is 8.93. The van der Waals surface area contributed by atoms with Gasteiger partial charge in [-0.05, 0) is 25.7 Å². The molecule has 1 aromatic rings. The second-order valence-electron chi connectivity index (χ2n) is 5.65. The van der Waals surface area contributed by atoms with Crippen LogP contribution >= 0.6 is 11.3 Å². The molecule has 0 unspecified atom stereocenters. The summed E-state index contributed by atoms with van der Waals surface area (Å²) in [5.41, 5.74) is 0.176. The summed E-state index contributed by atoms with van der Waals surface area (Å²) in [4.78, 5) is 16.1. The van der Waals surface area contributed by atoms with E-state index >= 15 is 0 Å². The number of carbonyl (C=O) groups is 1. The maximum Gasteiger partial charge on any atom is 0.315 e. The fourth-order valence-electron chi connectivity index (χ4n) is 3.15. The Hall–Kier alpha value is -0.900. The standard InChI is InChI=1S/C14H19NO2S/c16-13(17)14(7-4-8-14)11-9-18-12(15-11)10-5-2-1-3-6-10/h9-10H,1-8H2,(H,16,17). The maximum atomic E-state index is 11.5. The van der Waals surface area contributed by atoms with Crippen LogP contribution in [0.5, 0.6) is 0 Å². The molecule has 1 N–H and O–H groups in total. The van der Waals surface area contributed by atoms with Crippen LogP contribution in [-0.4, -0.2) is 16.1 Å². The molecule has 4 heteroatoms. The average molecular weight is 265 g/mol. The minimum atomic E-state index is -0.686. The molecule has 0 spiro atoms. The molecule has 3 nitrogen and oxygen atoms in total. The van der Waals surface area contributed by atoms with Gasteiger partial charge in [0.15, 0.2) is 0 Å². The summed E-state index contributed by atoms with van der Waals surface area (Å²) in [6, 6.07) is 0. The van der Waals surface area contributed by atoms with Crippen molar-refractivity contribution in [2.45, 2.75) is 62.7 Å². The van der Waals surface area contributed by atoms with Gasteiger partial charge in [-0.1, -0.05) is 25.7 Å². The Morgan fingerprint density at radius 1 is 1.28 bits per heavy atom. The first kappa shape index (κ1) is 12.2. The summed E-state index contributed by atoms with van der Waals surface area (Å²) in [5.74, 6) is -0.0994. The summed E-state index contributed by atoms with van der Waals surface area (Å²) >= 11 is 1.68. The normalized spacial score (nSPS) is 23.6. The lowest BCUT2D eigenvalue weighted by molar-refractivity contribution is -0.147. The van der Waals surface area contributed by atoms with Crippen LogP contribution in [0.15, 0.2) is 5.38 Å². The van der Waals surface area contributed by atoms with Crippen LogP contribution in [0.25, 0.3) is 0 Å². The first-order valence-electron chi connectivity index (χ1n) is 6.92. The average Bonchev–Trinajstić information content (AvgIpc) is 2.78. The molecule has 0 radical (unpaired) electrons. The summed E-state index contributed by atoms with van der Waals surface area (Å²) in [5, 5.41) is 12.6. The van der Waals surface area contributed by atoms with Gasteiger partial charge in [-0.2, -0.15) is 0 Å². The molecule has 1 heterocycles. The lowest BCUT2D eigenvalue weighted by Gasteiger charge is -2.36. The van der Waals surface area contributed by atoms with Crippen LogP contribution in [-0.2, 0) is 10.2 Å². The predicted molar refractivity (Wildman–Crippen MR) is 71.1 cm³/mol. The number of carboxylic acids is 1. The number of thiazole rings is 1. The molecule has 0 bridgehead atoms. The fraction of sp³-hybridized carbons (Fsp3) is 0.714. The van der Waals surface area contributed by atoms with Crippen LogP contribution in [0.1, 0.15) is 68.0 Å². The van der Waals surface area contributed by atoms with Gasteiger partial charge in [-0.15, -0.1) is 11.3 Å². The van der Waals surface area contributed by atoms with Gasteiger partial charge in [0.05, 0.1) is 10.7 Å². The molecule has 2 saturated carbocycles. The van der Waals surface area contributed by atoms with Gasteiger partial charge in [0.2, 0.25) is 0 Å². The molecule has 2 fully saturated rings. The third kappa shape index (κ3) is 1.87. The zero-order valence-corrected chi connectivity index (χ0v) is 11.3. The summed E-state index contributed by atoms with van der Waals surface area (Å²) < 4.78 is 0. The summed E-state index contributed by atoms with van der Waals surface area (Å²) in [7, 11) is 0. The topological polar surface area (TPSA) is 50.2 Å². The Kier molecular flexibility index (Phi) is 3.14. The summed E-state index contributed by atoms with van der Waals surface area (Å²) in [6.45, 7) is 0. The zero-order chi connectivity index (χ0) is 12.6. The Balaban J connectivity index is 1.82. The molecule has 3 rings (SSSR count). The van der Waals surface area contributed by atoms with Crippen LogP contribution < -0.4 is 0 Å². The Bertz CT molecular complexity index is 444. The van der Waals surface area contributed by atoms with Crippen molar-refractivity contribution in [3.05, 3.63) is 16.1 Å². The number of aromatic nitrogens is 1. The van der Waals surface area contributed by atoms with E-state index in [1.807, 2.05) is 5.38 Å². The Morgan fingerprint density at radius 3 is 2.56 bits per heavy atom. The van der Waals surface area contributed by atoms with Gasteiger partial charge in [-0.25, -0.2) is 4.98 Å². The predicted octanol–water partition coefficient (Wildman–Crippen LogP) is 3.70. The zero-order valence-electron chi connectivity index (χ0n) is 10.5. The Labute approximate surface area is 111 Å². The molecule has 2 aliphatic rings. The molecule has 0 atom stereocenters. The Morgan fingerprint density at radius 2 is 2.00 bits per heavy atom. The van der Waals surface area contributed by atoms with Crippen molar-refractivity contribution in [3.63, 3.8) is 0 Å². The molecule has 2 aliphatic carbocycles. The second-order valence-corrected chi connectivity index (χ2v) is 6.54. The highest BCUT2D eigenvalue weighted by Crippen LogP contribution is 2.45. The van der Waals surface area contributed by atoms with Crippen molar-refractivity contribution in [1.82, 2.24) is 4.98 Å². The van der Waals surface area contributed by atoms with E-state index in [4.69, 9.17) is 0 Å². The highest BCUT2D eigenvalue weighted by Gasteiger charge is 2.48. The maximum absolute atomic E-state index is 11.5. The van der Waals surface area contributed by atoms with E-state index < -0.39 is 11.4 Å². The van der Waals surface area contributed by atoms with Crippen molar-refractivity contribution in [2.75, 3.05) is 0 Å². The number of hydrogen-bond acceptors (Lipinski definition) is 3. The molecule has 18 heavy (non-hydrogen) atoms. The van der Waals surface area contributed by atoms with Crippen LogP contribution in [0.4, 0.5) is 0 Å². The SMILES string of the molecule is O=C(O)C1(c2csc(C3CCCCC3)n2)CCC1. The number of nitrogens with zero attached hydrogens (tertiary/aromatic N) is 1. The third-order valence-electron chi connectivity index (χ3n) is 4.58. The van der Waals surface area contributed by atoms with Gasteiger partial charge in [0.25, 0.3) is 0 Å². The first-order chi connectivity index (χ1) is 8.72. The fourth-order valence-corrected chi connectivity index (χ4v) is 4.24. The van der Waals surface area contributed by atoms with Crippen LogP contribution in [0.3, 0.4) is 0 Å². The van der Waals surface area contributed by atoms with Gasteiger partial charge in [0.1, 0.15) is 5.41 Å². The highest BCUT2D eigenvalue weighted by molar-refractivity contribution is 7.09. The number of aliphatic carboxylic acids is 1. The van der Waals surface area contributed by atoms with E-state index in [1.54, 1.807) is 11.3 Å². The van der Waals surface area contributed by atoms with E-state index in [0.717, 1.165) is 25.0 Å². The quantitative estimate of drug-likeness (QED) is 0.906. The first-order valence-corrected chi connectivity index (χ1v) is 7.80. The molecule has 98 valence electrons.